The van der Waals surface area contributed by atoms with Crippen LogP contribution in [-0.4, -0.2) is 43.0 Å². The average molecular weight is 399 g/mol. The van der Waals surface area contributed by atoms with Crippen molar-refractivity contribution in [1.82, 2.24) is 4.90 Å². The second-order valence-corrected chi connectivity index (χ2v) is 7.12. The third-order valence-corrected chi connectivity index (χ3v) is 5.17. The number of para-hydroxylation sites is 1. The SMILES string of the molecule is COc1ccccc1COCCCOc1ccc(C2CCCCN2C(=O)O)cc1. The lowest BCUT2D eigenvalue weighted by Gasteiger charge is -2.33. The van der Waals surface area contributed by atoms with E-state index in [2.05, 4.69) is 0 Å². The molecule has 1 saturated heterocycles. The number of piperidine rings is 1. The van der Waals surface area contributed by atoms with Gasteiger partial charge in [-0.3, -0.25) is 0 Å². The number of likely N-dealkylation sites (tertiary alicyclic amines) is 1. The molecule has 1 fully saturated rings. The van der Waals surface area contributed by atoms with Gasteiger partial charge in [-0.1, -0.05) is 30.3 Å². The van der Waals surface area contributed by atoms with E-state index in [0.717, 1.165) is 48.3 Å². The summed E-state index contributed by atoms with van der Waals surface area (Å²) < 4.78 is 16.8. The Kier molecular flexibility index (Phi) is 7.76. The largest absolute Gasteiger partial charge is 0.496 e. The minimum atomic E-state index is -0.844. The van der Waals surface area contributed by atoms with Crippen molar-refractivity contribution in [1.29, 1.82) is 0 Å². The van der Waals surface area contributed by atoms with Gasteiger partial charge in [-0.15, -0.1) is 0 Å². The minimum absolute atomic E-state index is 0.0568. The Hall–Kier alpha value is -2.73. The predicted octanol–water partition coefficient (Wildman–Crippen LogP) is 4.89. The number of amides is 1. The van der Waals surface area contributed by atoms with Gasteiger partial charge in [-0.05, 0) is 43.0 Å². The van der Waals surface area contributed by atoms with Crippen LogP contribution in [0.25, 0.3) is 0 Å². The van der Waals surface area contributed by atoms with Crippen LogP contribution in [0.3, 0.4) is 0 Å². The third kappa shape index (κ3) is 5.87. The van der Waals surface area contributed by atoms with Gasteiger partial charge in [0, 0.05) is 18.5 Å². The van der Waals surface area contributed by atoms with Crippen LogP contribution < -0.4 is 9.47 Å². The van der Waals surface area contributed by atoms with Crippen molar-refractivity contribution in [2.45, 2.75) is 38.3 Å². The topological polar surface area (TPSA) is 68.2 Å². The maximum Gasteiger partial charge on any atom is 0.407 e. The number of ether oxygens (including phenoxy) is 3. The zero-order chi connectivity index (χ0) is 20.5. The van der Waals surface area contributed by atoms with Crippen LogP contribution >= 0.6 is 0 Å². The van der Waals surface area contributed by atoms with Gasteiger partial charge in [-0.25, -0.2) is 4.79 Å². The van der Waals surface area contributed by atoms with E-state index in [1.54, 1.807) is 12.0 Å². The summed E-state index contributed by atoms with van der Waals surface area (Å²) in [5.74, 6) is 1.62. The lowest BCUT2D eigenvalue weighted by Crippen LogP contribution is -2.37. The Morgan fingerprint density at radius 1 is 1.10 bits per heavy atom. The molecule has 156 valence electrons. The summed E-state index contributed by atoms with van der Waals surface area (Å²) in [6.07, 6.45) is 2.80. The molecule has 0 aliphatic carbocycles. The van der Waals surface area contributed by atoms with Gasteiger partial charge < -0.3 is 24.2 Å². The summed E-state index contributed by atoms with van der Waals surface area (Å²) in [5.41, 5.74) is 2.06. The maximum atomic E-state index is 11.4. The Morgan fingerprint density at radius 2 is 1.90 bits per heavy atom. The third-order valence-electron chi connectivity index (χ3n) is 5.17. The molecule has 6 heteroatoms. The number of carbonyl (C=O) groups is 1. The smallest absolute Gasteiger partial charge is 0.407 e. The Balaban J connectivity index is 1.39. The Morgan fingerprint density at radius 3 is 2.66 bits per heavy atom. The van der Waals surface area contributed by atoms with Gasteiger partial charge in [0.05, 0.1) is 33.0 Å². The van der Waals surface area contributed by atoms with Crippen molar-refractivity contribution >= 4 is 6.09 Å². The van der Waals surface area contributed by atoms with Crippen LogP contribution in [0.4, 0.5) is 4.79 Å². The summed E-state index contributed by atoms with van der Waals surface area (Å²) in [7, 11) is 1.66. The molecule has 2 aromatic rings. The molecule has 1 aliphatic rings. The number of carboxylic acid groups (broad SMARTS) is 1. The Bertz CT molecular complexity index is 777. The van der Waals surface area contributed by atoms with Crippen molar-refractivity contribution in [2.24, 2.45) is 0 Å². The quantitative estimate of drug-likeness (QED) is 0.608. The van der Waals surface area contributed by atoms with Gasteiger partial charge in [0.25, 0.3) is 0 Å². The number of rotatable bonds is 9. The standard InChI is InChI=1S/C23H29NO5/c1-27-22-9-3-2-7-19(22)17-28-15-6-16-29-20-12-10-18(11-13-20)21-8-4-5-14-24(21)23(25)26/h2-3,7,9-13,21H,4-6,8,14-17H2,1H3,(H,25,26). The maximum absolute atomic E-state index is 11.4. The van der Waals surface area contributed by atoms with Gasteiger partial charge in [0.2, 0.25) is 0 Å². The molecule has 1 unspecified atom stereocenters. The first-order chi connectivity index (χ1) is 14.2. The summed E-state index contributed by atoms with van der Waals surface area (Å²) in [5, 5.41) is 9.40. The van der Waals surface area contributed by atoms with Crippen LogP contribution in [0.15, 0.2) is 48.5 Å². The molecule has 1 heterocycles. The highest BCUT2D eigenvalue weighted by Crippen LogP contribution is 2.31. The van der Waals surface area contributed by atoms with Crippen molar-refractivity contribution in [3.63, 3.8) is 0 Å². The molecule has 0 spiro atoms. The van der Waals surface area contributed by atoms with Crippen LogP contribution in [0, 0.1) is 0 Å². The van der Waals surface area contributed by atoms with E-state index < -0.39 is 6.09 Å². The molecule has 3 rings (SSSR count). The highest BCUT2D eigenvalue weighted by atomic mass is 16.5. The van der Waals surface area contributed by atoms with E-state index in [9.17, 15) is 9.90 Å². The van der Waals surface area contributed by atoms with Crippen LogP contribution in [0.5, 0.6) is 11.5 Å². The predicted molar refractivity (Wildman–Crippen MR) is 111 cm³/mol. The van der Waals surface area contributed by atoms with Crippen LogP contribution in [-0.2, 0) is 11.3 Å². The minimum Gasteiger partial charge on any atom is -0.496 e. The first kappa shape index (κ1) is 21.0. The second-order valence-electron chi connectivity index (χ2n) is 7.12. The molecule has 0 bridgehead atoms. The molecule has 0 aromatic heterocycles. The summed E-state index contributed by atoms with van der Waals surface area (Å²) in [4.78, 5) is 13.0. The average Bonchev–Trinajstić information content (AvgIpc) is 2.76. The first-order valence-electron chi connectivity index (χ1n) is 10.1. The van der Waals surface area contributed by atoms with Gasteiger partial charge in [-0.2, -0.15) is 0 Å². The number of hydrogen-bond acceptors (Lipinski definition) is 4. The number of nitrogens with zero attached hydrogens (tertiary/aromatic N) is 1. The van der Waals surface area contributed by atoms with E-state index in [-0.39, 0.29) is 6.04 Å². The molecular formula is C23H29NO5. The lowest BCUT2D eigenvalue weighted by atomic mass is 9.95. The van der Waals surface area contributed by atoms with Crippen LogP contribution in [0.1, 0.15) is 42.9 Å². The van der Waals surface area contributed by atoms with E-state index in [1.807, 2.05) is 48.5 Å². The van der Waals surface area contributed by atoms with E-state index in [4.69, 9.17) is 14.2 Å². The first-order valence-corrected chi connectivity index (χ1v) is 10.1. The van der Waals surface area contributed by atoms with Crippen molar-refractivity contribution < 1.29 is 24.1 Å². The summed E-state index contributed by atoms with van der Waals surface area (Å²) in [6, 6.07) is 15.5. The van der Waals surface area contributed by atoms with Gasteiger partial charge >= 0.3 is 6.09 Å². The van der Waals surface area contributed by atoms with E-state index in [1.165, 1.54) is 0 Å². The molecule has 1 N–H and O–H groups in total. The molecule has 2 aromatic carbocycles. The molecular weight excluding hydrogens is 370 g/mol. The monoisotopic (exact) mass is 399 g/mol. The van der Waals surface area contributed by atoms with Gasteiger partial charge in [0.1, 0.15) is 11.5 Å². The molecule has 1 amide bonds. The summed E-state index contributed by atoms with van der Waals surface area (Å²) in [6.45, 7) is 2.29. The lowest BCUT2D eigenvalue weighted by molar-refractivity contribution is 0.105. The molecule has 0 radical (unpaired) electrons. The van der Waals surface area contributed by atoms with Crippen LogP contribution in [0.2, 0.25) is 0 Å². The number of benzene rings is 2. The zero-order valence-corrected chi connectivity index (χ0v) is 16.9. The number of methoxy groups -OCH3 is 1. The molecule has 0 saturated carbocycles. The highest BCUT2D eigenvalue weighted by Gasteiger charge is 2.27. The molecule has 1 atom stereocenters. The van der Waals surface area contributed by atoms with Crippen molar-refractivity contribution in [3.8, 4) is 11.5 Å². The van der Waals surface area contributed by atoms with E-state index in [0.29, 0.717) is 26.4 Å². The fourth-order valence-electron chi connectivity index (χ4n) is 3.65. The van der Waals surface area contributed by atoms with Gasteiger partial charge in [0.15, 0.2) is 0 Å². The summed E-state index contributed by atoms with van der Waals surface area (Å²) >= 11 is 0. The van der Waals surface area contributed by atoms with Crippen molar-refractivity contribution in [3.05, 3.63) is 59.7 Å². The fourth-order valence-corrected chi connectivity index (χ4v) is 3.65. The Labute approximate surface area is 172 Å². The van der Waals surface area contributed by atoms with E-state index >= 15 is 0 Å². The molecule has 29 heavy (non-hydrogen) atoms. The molecule has 1 aliphatic heterocycles. The highest BCUT2D eigenvalue weighted by molar-refractivity contribution is 5.66. The molecule has 6 nitrogen and oxygen atoms in total. The number of hydrogen-bond donors (Lipinski definition) is 1. The normalized spacial score (nSPS) is 16.4. The van der Waals surface area contributed by atoms with Crippen molar-refractivity contribution in [2.75, 3.05) is 26.9 Å². The second kappa shape index (κ2) is 10.7. The zero-order valence-electron chi connectivity index (χ0n) is 16.9. The fraction of sp³-hybridized carbons (Fsp3) is 0.435.